The fourth-order valence-corrected chi connectivity index (χ4v) is 1.95. The lowest BCUT2D eigenvalue weighted by molar-refractivity contribution is -0.158. The zero-order valence-electron chi connectivity index (χ0n) is 31.6. The smallest absolute Gasteiger partial charge is 0.330 e. The predicted molar refractivity (Wildman–Crippen MR) is 195 cm³/mol. The molecular weight excluding hydrogens is 784 g/mol. The maximum absolute atomic E-state index is 10.9. The number of carbonyl (C=O) groups excluding carboxylic acids is 1. The first kappa shape index (κ1) is 68.5. The largest absolute Gasteiger partial charge is 0.478 e. The van der Waals surface area contributed by atoms with Crippen LogP contribution in [0.1, 0.15) is 13.3 Å². The van der Waals surface area contributed by atoms with Crippen LogP contribution in [0.4, 0.5) is 0 Å². The third kappa shape index (κ3) is 52.9. The molecular formula is C32H66O25. The number of rotatable bonds is 22. The van der Waals surface area contributed by atoms with Gasteiger partial charge < -0.3 is 112 Å². The molecule has 25 nitrogen and oxygen atoms in total. The maximum Gasteiger partial charge on any atom is 0.330 e. The van der Waals surface area contributed by atoms with E-state index in [-0.39, 0.29) is 6.61 Å². The second-order valence-corrected chi connectivity index (χ2v) is 10.0. The second kappa shape index (κ2) is 50.9. The Morgan fingerprint density at radius 3 is 0.772 bits per heavy atom. The quantitative estimate of drug-likeness (QED) is 0.0355. The minimum absolute atomic E-state index is 0.310. The zero-order valence-corrected chi connectivity index (χ0v) is 31.6. The third-order valence-corrected chi connectivity index (χ3v) is 5.37. The van der Waals surface area contributed by atoms with E-state index in [4.69, 9.17) is 112 Å². The Morgan fingerprint density at radius 1 is 0.439 bits per heavy atom. The Bertz CT molecular complexity index is 798. The van der Waals surface area contributed by atoms with Crippen molar-refractivity contribution in [3.63, 3.8) is 0 Å². The monoisotopic (exact) mass is 850 g/mol. The van der Waals surface area contributed by atoms with Crippen molar-refractivity contribution >= 4 is 17.9 Å². The van der Waals surface area contributed by atoms with Crippen molar-refractivity contribution in [3.05, 3.63) is 38.0 Å². The molecule has 0 aromatic rings. The average molecular weight is 851 g/mol. The van der Waals surface area contributed by atoms with Gasteiger partial charge in [0.15, 0.2) is 6.10 Å². The van der Waals surface area contributed by atoms with Crippen molar-refractivity contribution in [2.75, 3.05) is 72.7 Å². The Kier molecular flexibility index (Phi) is 61.2. The van der Waals surface area contributed by atoms with Gasteiger partial charge in [-0.25, -0.2) is 14.4 Å². The van der Waals surface area contributed by atoms with E-state index in [1.54, 1.807) is 0 Å². The first-order chi connectivity index (χ1) is 26.6. The summed E-state index contributed by atoms with van der Waals surface area (Å²) < 4.78 is 10.0. The number of carboxylic acid groups (broad SMARTS) is 2. The molecule has 10 atom stereocenters. The normalized spacial score (nSPS) is 15.0. The molecule has 0 amide bonds. The van der Waals surface area contributed by atoms with Crippen LogP contribution in [0.2, 0.25) is 0 Å². The van der Waals surface area contributed by atoms with E-state index >= 15 is 0 Å². The summed E-state index contributed by atoms with van der Waals surface area (Å²) in [5, 5.41) is 166. The number of aliphatic hydroxyl groups excluding tert-OH is 18. The maximum atomic E-state index is 10.9. The van der Waals surface area contributed by atoms with Crippen molar-refractivity contribution in [3.8, 4) is 0 Å². The number of aliphatic hydroxyl groups is 18. The standard InChI is InChI=1S/C10H18O5.4C4H10O4.2C3H4O2/c1-3-5-14-8(6-11)9(7-12)15-10(13)4-2;4*5-1-3(7)4(8)2-6;2*1-2-3(4)5/h4,8-9,11-12H,2-3,5-7H2,1H3;4*3-8H,1-2H2;2*2H,1H2,(H,4,5)/t8-,9+;4*3-,4+;;/m1....../s1. The highest BCUT2D eigenvalue weighted by molar-refractivity contribution is 5.81. The SMILES string of the molecule is C=CC(=O)O.C=CC(=O)O.C=CC(=O)O[C@@H](CO)[C@@H](CO)OCCC.OC[C@@H](O)[C@@H](O)CO.OC[C@@H](O)[C@@H](O)CO.OC[C@@H](O)[C@@H](O)CO.OC[C@@H](O)[C@@H](O)CO. The molecule has 0 rings (SSSR count). The van der Waals surface area contributed by atoms with E-state index < -0.39 is 138 Å². The van der Waals surface area contributed by atoms with Crippen LogP contribution in [-0.2, 0) is 23.9 Å². The fraction of sp³-hybridized carbons (Fsp3) is 0.719. The first-order valence-corrected chi connectivity index (χ1v) is 16.3. The molecule has 0 spiro atoms. The molecule has 0 radical (unpaired) electrons. The minimum atomic E-state index is -1.22. The summed E-state index contributed by atoms with van der Waals surface area (Å²) in [4.78, 5) is 29.4. The summed E-state index contributed by atoms with van der Waals surface area (Å²) in [7, 11) is 0. The van der Waals surface area contributed by atoms with Gasteiger partial charge in [-0.05, 0) is 6.42 Å². The minimum Gasteiger partial charge on any atom is -0.478 e. The Hall–Kier alpha value is -3.13. The highest BCUT2D eigenvalue weighted by Crippen LogP contribution is 2.05. The second-order valence-electron chi connectivity index (χ2n) is 10.0. The van der Waals surface area contributed by atoms with Gasteiger partial charge in [-0.1, -0.05) is 26.7 Å². The fourth-order valence-electron chi connectivity index (χ4n) is 1.95. The highest BCUT2D eigenvalue weighted by Gasteiger charge is 2.24. The Morgan fingerprint density at radius 2 is 0.649 bits per heavy atom. The molecule has 0 saturated heterocycles. The molecule has 20 N–H and O–H groups in total. The number of ether oxygens (including phenoxy) is 2. The van der Waals surface area contributed by atoms with Crippen molar-refractivity contribution in [2.45, 2.75) is 74.4 Å². The van der Waals surface area contributed by atoms with Crippen LogP contribution >= 0.6 is 0 Å². The summed E-state index contributed by atoms with van der Waals surface area (Å²) in [5.41, 5.74) is 0. The average Bonchev–Trinajstić information content (AvgIpc) is 3.24. The third-order valence-electron chi connectivity index (χ3n) is 5.37. The molecule has 0 aromatic heterocycles. The summed E-state index contributed by atoms with van der Waals surface area (Å²) >= 11 is 0. The van der Waals surface area contributed by atoms with Crippen LogP contribution in [0.25, 0.3) is 0 Å². The number of carbonyl (C=O) groups is 3. The number of hydrogen-bond acceptors (Lipinski definition) is 23. The topological polar surface area (TPSA) is 474 Å². The van der Waals surface area contributed by atoms with Gasteiger partial charge in [0.2, 0.25) is 0 Å². The molecule has 0 aliphatic carbocycles. The highest BCUT2D eigenvalue weighted by atomic mass is 16.6. The molecule has 0 saturated carbocycles. The van der Waals surface area contributed by atoms with Gasteiger partial charge >= 0.3 is 17.9 Å². The Labute approximate surface area is 329 Å². The number of aliphatic carboxylic acids is 2. The van der Waals surface area contributed by atoms with E-state index in [9.17, 15) is 14.4 Å². The van der Waals surface area contributed by atoms with Crippen LogP contribution < -0.4 is 0 Å². The summed E-state index contributed by atoms with van der Waals surface area (Å²) in [6, 6.07) is 0. The van der Waals surface area contributed by atoms with Crippen LogP contribution in [-0.4, -0.2) is 254 Å². The van der Waals surface area contributed by atoms with E-state index in [2.05, 4.69) is 19.7 Å². The molecule has 0 fully saturated rings. The lowest BCUT2D eigenvalue weighted by atomic mass is 10.2. The molecule has 0 aliphatic heterocycles. The van der Waals surface area contributed by atoms with Crippen LogP contribution in [0.15, 0.2) is 38.0 Å². The number of hydrogen-bond donors (Lipinski definition) is 20. The number of carboxylic acids is 2. The molecule has 0 aromatic carbocycles. The van der Waals surface area contributed by atoms with Gasteiger partial charge in [0.1, 0.15) is 54.9 Å². The first-order valence-electron chi connectivity index (χ1n) is 16.3. The van der Waals surface area contributed by atoms with Gasteiger partial charge in [-0.2, -0.15) is 0 Å². The van der Waals surface area contributed by atoms with E-state index in [1.807, 2.05) is 6.92 Å². The van der Waals surface area contributed by atoms with Gasteiger partial charge in [0.05, 0.1) is 66.1 Å². The molecule has 344 valence electrons. The van der Waals surface area contributed by atoms with Crippen molar-refractivity contribution in [1.82, 2.24) is 0 Å². The molecule has 25 heteroatoms. The summed E-state index contributed by atoms with van der Waals surface area (Å²) in [5.74, 6) is -2.61. The molecule has 0 unspecified atom stereocenters. The van der Waals surface area contributed by atoms with Crippen LogP contribution in [0, 0.1) is 0 Å². The van der Waals surface area contributed by atoms with Gasteiger partial charge in [-0.3, -0.25) is 0 Å². The van der Waals surface area contributed by atoms with E-state index in [0.717, 1.165) is 24.6 Å². The summed E-state index contributed by atoms with van der Waals surface area (Å²) in [6.45, 7) is 6.60. The van der Waals surface area contributed by atoms with Crippen LogP contribution in [0.5, 0.6) is 0 Å². The van der Waals surface area contributed by atoms with Crippen LogP contribution in [0.3, 0.4) is 0 Å². The van der Waals surface area contributed by atoms with Crippen molar-refractivity contribution in [2.24, 2.45) is 0 Å². The molecule has 0 bridgehead atoms. The van der Waals surface area contributed by atoms with Crippen molar-refractivity contribution in [1.29, 1.82) is 0 Å². The molecule has 57 heavy (non-hydrogen) atoms. The van der Waals surface area contributed by atoms with Crippen molar-refractivity contribution < 1.29 is 126 Å². The molecule has 0 aliphatic rings. The van der Waals surface area contributed by atoms with Gasteiger partial charge in [-0.15, -0.1) is 0 Å². The lowest BCUT2D eigenvalue weighted by Crippen LogP contribution is -2.38. The predicted octanol–water partition coefficient (Wildman–Crippen LogP) is -8.85. The summed E-state index contributed by atoms with van der Waals surface area (Å²) in [6.07, 6.45) is -7.88. The number of esters is 1. The zero-order chi connectivity index (χ0) is 46.5. The van der Waals surface area contributed by atoms with E-state index in [0.29, 0.717) is 6.61 Å². The Balaban J connectivity index is -0.000000106. The van der Waals surface area contributed by atoms with Gasteiger partial charge in [0.25, 0.3) is 0 Å². The van der Waals surface area contributed by atoms with E-state index in [1.165, 1.54) is 0 Å². The van der Waals surface area contributed by atoms with Gasteiger partial charge in [0, 0.05) is 24.8 Å². The lowest BCUT2D eigenvalue weighted by Gasteiger charge is -2.23. The molecule has 0 heterocycles.